The highest BCUT2D eigenvalue weighted by Crippen LogP contribution is 2.50. The number of amides is 1. The normalized spacial score (nSPS) is 13.7. The number of nitriles is 1. The summed E-state index contributed by atoms with van der Waals surface area (Å²) in [4.78, 5) is 27.0. The number of carbonyl (C=O) groups is 1. The fourth-order valence-corrected chi connectivity index (χ4v) is 5.54. The Balaban J connectivity index is 1.87. The van der Waals surface area contributed by atoms with Crippen LogP contribution in [-0.2, 0) is 18.4 Å². The van der Waals surface area contributed by atoms with Crippen molar-refractivity contribution >= 4 is 30.5 Å². The number of hydrogen-bond donors (Lipinski definition) is 2. The van der Waals surface area contributed by atoms with Crippen LogP contribution in [0.5, 0.6) is 5.75 Å². The van der Waals surface area contributed by atoms with Gasteiger partial charge >= 0.3 is 7.82 Å². The maximum Gasteiger partial charge on any atom is 0.474 e. The maximum atomic E-state index is 12.7. The molecular weight excluding hydrogens is 543 g/mol. The summed E-state index contributed by atoms with van der Waals surface area (Å²) in [5.74, 6) is 0.168. The average molecular weight is 575 g/mol. The Morgan fingerprint density at radius 3 is 2.61 bits per heavy atom. The Hall–Kier alpha value is -4.26. The van der Waals surface area contributed by atoms with Gasteiger partial charge in [0.25, 0.3) is 0 Å². The molecule has 2 heterocycles. The Labute approximate surface area is 238 Å². The predicted molar refractivity (Wildman–Crippen MR) is 157 cm³/mol. The molecule has 11 heteroatoms. The number of nitrogens with one attached hydrogen (secondary N) is 1. The van der Waals surface area contributed by atoms with Gasteiger partial charge in [-0.15, -0.1) is 0 Å². The summed E-state index contributed by atoms with van der Waals surface area (Å²) in [5, 5.41) is 12.9. The van der Waals surface area contributed by atoms with Crippen molar-refractivity contribution in [2.45, 2.75) is 39.5 Å². The Kier molecular flexibility index (Phi) is 8.47. The first-order valence-electron chi connectivity index (χ1n) is 12.7. The van der Waals surface area contributed by atoms with E-state index in [0.29, 0.717) is 28.0 Å². The highest BCUT2D eigenvalue weighted by Gasteiger charge is 2.32. The summed E-state index contributed by atoms with van der Waals surface area (Å²) < 4.78 is 30.6. The third kappa shape index (κ3) is 7.09. The van der Waals surface area contributed by atoms with E-state index in [-0.39, 0.29) is 5.91 Å². The molecule has 2 aromatic heterocycles. The lowest BCUT2D eigenvalue weighted by Gasteiger charge is -2.25. The van der Waals surface area contributed by atoms with Gasteiger partial charge in [-0.1, -0.05) is 18.7 Å². The van der Waals surface area contributed by atoms with E-state index in [9.17, 15) is 19.5 Å². The molecule has 0 radical (unpaired) electrons. The molecule has 2 aromatic carbocycles. The van der Waals surface area contributed by atoms with Crippen LogP contribution in [-0.4, -0.2) is 33.1 Å². The third-order valence-electron chi connectivity index (χ3n) is 5.97. The molecule has 41 heavy (non-hydrogen) atoms. The van der Waals surface area contributed by atoms with Gasteiger partial charge in [-0.2, -0.15) is 5.26 Å². The molecule has 2 N–H and O–H groups in total. The van der Waals surface area contributed by atoms with Crippen molar-refractivity contribution in [1.82, 2.24) is 9.55 Å². The van der Waals surface area contributed by atoms with Crippen LogP contribution >= 0.6 is 7.82 Å². The van der Waals surface area contributed by atoms with Gasteiger partial charge in [-0.25, -0.2) is 9.55 Å². The van der Waals surface area contributed by atoms with E-state index in [2.05, 4.69) is 18.0 Å². The highest BCUT2D eigenvalue weighted by atomic mass is 31.2. The standard InChI is InChI=1S/C30H31N4O6P/c1-7-28(35)33-24-12-22(13-25(15-24)38-6)23-14-26-27(21-10-8-9-20(11-21)16-31)18-34(29(26)32-17-23)19(2)39-41(36,37)40-30(3,4)5/h7-15,17-19H,1H2,2-6H3,(H,33,35)(H,36,37). The van der Waals surface area contributed by atoms with E-state index >= 15 is 0 Å². The van der Waals surface area contributed by atoms with Gasteiger partial charge in [-0.05, 0) is 75.2 Å². The van der Waals surface area contributed by atoms with Crippen molar-refractivity contribution in [2.75, 3.05) is 12.4 Å². The monoisotopic (exact) mass is 574 g/mol. The number of nitrogens with zero attached hydrogens (tertiary/aromatic N) is 3. The zero-order chi connectivity index (χ0) is 29.9. The van der Waals surface area contributed by atoms with E-state index < -0.39 is 19.7 Å². The van der Waals surface area contributed by atoms with Crippen LogP contribution in [0.25, 0.3) is 33.3 Å². The second kappa shape index (κ2) is 11.7. The summed E-state index contributed by atoms with van der Waals surface area (Å²) in [6.45, 7) is 10.1. The number of carbonyl (C=O) groups excluding carboxylic acids is 1. The van der Waals surface area contributed by atoms with E-state index in [1.165, 1.54) is 13.2 Å². The van der Waals surface area contributed by atoms with Crippen LogP contribution in [0, 0.1) is 11.3 Å². The minimum Gasteiger partial charge on any atom is -0.497 e. The van der Waals surface area contributed by atoms with Gasteiger partial charge in [0.05, 0.1) is 24.3 Å². The zero-order valence-electron chi connectivity index (χ0n) is 23.4. The van der Waals surface area contributed by atoms with Gasteiger partial charge in [0.2, 0.25) is 5.91 Å². The number of hydrogen-bond acceptors (Lipinski definition) is 7. The maximum absolute atomic E-state index is 12.7. The van der Waals surface area contributed by atoms with Crippen molar-refractivity contribution in [2.24, 2.45) is 0 Å². The molecule has 4 aromatic rings. The number of anilines is 1. The smallest absolute Gasteiger partial charge is 0.474 e. The number of phosphoric acid groups is 1. The summed E-state index contributed by atoms with van der Waals surface area (Å²) in [6, 6.07) is 16.5. The summed E-state index contributed by atoms with van der Waals surface area (Å²) in [5.41, 5.74) is 3.51. The van der Waals surface area contributed by atoms with Gasteiger partial charge < -0.3 is 19.5 Å². The second-order valence-electron chi connectivity index (χ2n) is 10.3. The van der Waals surface area contributed by atoms with Crippen molar-refractivity contribution in [3.05, 3.63) is 79.1 Å². The summed E-state index contributed by atoms with van der Waals surface area (Å²) >= 11 is 0. The molecule has 0 aliphatic rings. The van der Waals surface area contributed by atoms with Crippen molar-refractivity contribution < 1.29 is 28.0 Å². The molecule has 2 atom stereocenters. The lowest BCUT2D eigenvalue weighted by atomic mass is 10.0. The number of aromatic nitrogens is 2. The lowest BCUT2D eigenvalue weighted by Crippen LogP contribution is -2.19. The minimum absolute atomic E-state index is 0.361. The first-order chi connectivity index (χ1) is 19.3. The van der Waals surface area contributed by atoms with Gasteiger partial charge in [0, 0.05) is 40.7 Å². The molecule has 0 saturated heterocycles. The SMILES string of the molecule is C=CC(=O)Nc1cc(OC)cc(-c2cnc3c(c2)c(-c2cccc(C#N)c2)cn3C(C)OP(=O)(O)OC(C)(C)C)c1. The minimum atomic E-state index is -4.42. The van der Waals surface area contributed by atoms with E-state index in [0.717, 1.165) is 22.3 Å². The van der Waals surface area contributed by atoms with Crippen molar-refractivity contribution in [1.29, 1.82) is 5.26 Å². The molecule has 0 aliphatic carbocycles. The molecule has 2 unspecified atom stereocenters. The first kappa shape index (κ1) is 29.7. The molecule has 4 rings (SSSR count). The number of fused-ring (bicyclic) bond motifs is 1. The van der Waals surface area contributed by atoms with Gasteiger partial charge in [0.15, 0.2) is 0 Å². The van der Waals surface area contributed by atoms with Crippen LogP contribution in [0.2, 0.25) is 0 Å². The van der Waals surface area contributed by atoms with Crippen LogP contribution in [0.4, 0.5) is 5.69 Å². The average Bonchev–Trinajstić information content (AvgIpc) is 3.30. The van der Waals surface area contributed by atoms with E-state index in [1.54, 1.807) is 75.0 Å². The number of benzene rings is 2. The van der Waals surface area contributed by atoms with Crippen LogP contribution in [0.3, 0.4) is 0 Å². The van der Waals surface area contributed by atoms with Gasteiger partial charge in [0.1, 0.15) is 17.6 Å². The summed E-state index contributed by atoms with van der Waals surface area (Å²) in [7, 11) is -2.89. The Morgan fingerprint density at radius 1 is 1.20 bits per heavy atom. The van der Waals surface area contributed by atoms with Gasteiger partial charge in [-0.3, -0.25) is 13.8 Å². The number of ether oxygens (including phenoxy) is 1. The number of phosphoric ester groups is 1. The molecule has 10 nitrogen and oxygen atoms in total. The molecule has 0 spiro atoms. The summed E-state index contributed by atoms with van der Waals surface area (Å²) in [6.07, 6.45) is 3.66. The molecular formula is C30H31N4O6P. The first-order valence-corrected chi connectivity index (χ1v) is 14.2. The Morgan fingerprint density at radius 2 is 1.95 bits per heavy atom. The Bertz CT molecular complexity index is 1720. The molecule has 0 aliphatic heterocycles. The molecule has 212 valence electrons. The van der Waals surface area contributed by atoms with Crippen LogP contribution in [0.15, 0.2) is 73.6 Å². The second-order valence-corrected chi connectivity index (χ2v) is 11.6. The highest BCUT2D eigenvalue weighted by molar-refractivity contribution is 7.47. The predicted octanol–water partition coefficient (Wildman–Crippen LogP) is 6.83. The molecule has 0 bridgehead atoms. The fourth-order valence-electron chi connectivity index (χ4n) is 4.31. The van der Waals surface area contributed by atoms with Crippen LogP contribution < -0.4 is 10.1 Å². The number of methoxy groups -OCH3 is 1. The van der Waals surface area contributed by atoms with Crippen molar-refractivity contribution in [3.8, 4) is 34.1 Å². The number of rotatable bonds is 9. The lowest BCUT2D eigenvalue weighted by molar-refractivity contribution is -0.111. The third-order valence-corrected chi connectivity index (χ3v) is 7.32. The zero-order valence-corrected chi connectivity index (χ0v) is 24.3. The van der Waals surface area contributed by atoms with E-state index in [4.69, 9.17) is 18.8 Å². The van der Waals surface area contributed by atoms with E-state index in [1.807, 2.05) is 18.2 Å². The topological polar surface area (TPSA) is 136 Å². The molecule has 0 saturated carbocycles. The number of pyridine rings is 1. The quantitative estimate of drug-likeness (QED) is 0.164. The molecule has 1 amide bonds. The van der Waals surface area contributed by atoms with Crippen LogP contribution in [0.1, 0.15) is 39.5 Å². The largest absolute Gasteiger partial charge is 0.497 e. The van der Waals surface area contributed by atoms with Crippen molar-refractivity contribution in [3.63, 3.8) is 0 Å². The molecule has 0 fully saturated rings. The fraction of sp³-hybridized carbons (Fsp3) is 0.233.